The van der Waals surface area contributed by atoms with Crippen molar-refractivity contribution < 1.29 is 9.53 Å². The smallest absolute Gasteiger partial charge is 0.230 e. The molecule has 0 aliphatic carbocycles. The van der Waals surface area contributed by atoms with Gasteiger partial charge in [0.05, 0.1) is 6.61 Å². The van der Waals surface area contributed by atoms with Crippen molar-refractivity contribution in [3.63, 3.8) is 0 Å². The average molecular weight is 290 g/mol. The van der Waals surface area contributed by atoms with Crippen molar-refractivity contribution >= 4 is 11.6 Å². The normalized spacial score (nSPS) is 19.1. The van der Waals surface area contributed by atoms with Crippen molar-refractivity contribution in [3.05, 3.63) is 24.3 Å². The van der Waals surface area contributed by atoms with Crippen LogP contribution >= 0.6 is 0 Å². The quantitative estimate of drug-likeness (QED) is 0.876. The van der Waals surface area contributed by atoms with Crippen LogP contribution in [0.4, 0.5) is 5.69 Å². The van der Waals surface area contributed by atoms with Crippen LogP contribution in [-0.2, 0) is 4.79 Å². The number of benzene rings is 1. The van der Waals surface area contributed by atoms with Crippen LogP contribution in [0, 0.1) is 11.3 Å². The van der Waals surface area contributed by atoms with Crippen LogP contribution in [0.25, 0.3) is 0 Å². The van der Waals surface area contributed by atoms with E-state index in [0.717, 1.165) is 37.4 Å². The molecule has 0 spiro atoms. The molecule has 1 aliphatic heterocycles. The van der Waals surface area contributed by atoms with E-state index in [2.05, 4.69) is 10.6 Å². The molecule has 0 aromatic heterocycles. The Morgan fingerprint density at radius 1 is 1.48 bits per heavy atom. The molecule has 0 bridgehead atoms. The molecule has 1 saturated heterocycles. The van der Waals surface area contributed by atoms with E-state index in [0.29, 0.717) is 12.5 Å². The van der Waals surface area contributed by atoms with E-state index in [9.17, 15) is 4.79 Å². The topological polar surface area (TPSA) is 50.4 Å². The number of piperidine rings is 1. The first-order chi connectivity index (χ1) is 10.0. The molecule has 1 atom stereocenters. The number of carbonyl (C=O) groups is 1. The highest BCUT2D eigenvalue weighted by Crippen LogP contribution is 2.33. The molecule has 1 aromatic carbocycles. The molecular formula is C17H26N2O2. The fourth-order valence-electron chi connectivity index (χ4n) is 2.78. The zero-order valence-electron chi connectivity index (χ0n) is 13.2. The summed E-state index contributed by atoms with van der Waals surface area (Å²) in [6.45, 7) is 8.61. The highest BCUT2D eigenvalue weighted by molar-refractivity contribution is 5.95. The third kappa shape index (κ3) is 3.97. The Bertz CT molecular complexity index is 479. The summed E-state index contributed by atoms with van der Waals surface area (Å²) < 4.78 is 5.47. The monoisotopic (exact) mass is 290 g/mol. The number of nitrogens with one attached hydrogen (secondary N) is 2. The first-order valence-electron chi connectivity index (χ1n) is 7.79. The Hall–Kier alpha value is -1.55. The minimum atomic E-state index is -0.380. The minimum Gasteiger partial charge on any atom is -0.494 e. The van der Waals surface area contributed by atoms with Crippen LogP contribution in [0.15, 0.2) is 24.3 Å². The molecule has 1 aliphatic rings. The van der Waals surface area contributed by atoms with Crippen molar-refractivity contribution in [2.75, 3.05) is 25.0 Å². The predicted octanol–water partition coefficient (Wildman–Crippen LogP) is 3.05. The Labute approximate surface area is 127 Å². The van der Waals surface area contributed by atoms with Gasteiger partial charge in [-0.3, -0.25) is 4.79 Å². The summed E-state index contributed by atoms with van der Waals surface area (Å²) in [4.78, 5) is 12.6. The number of anilines is 1. The van der Waals surface area contributed by atoms with E-state index in [1.807, 2.05) is 45.0 Å². The maximum absolute atomic E-state index is 12.6. The standard InChI is InChI=1S/C17H26N2O2/c1-4-21-15-9-5-8-14(11-15)19-16(20)17(2,3)13-7-6-10-18-12-13/h5,8-9,11,13,18H,4,6-7,10,12H2,1-3H3,(H,19,20). The average Bonchev–Trinajstić information content (AvgIpc) is 2.49. The van der Waals surface area contributed by atoms with Crippen molar-refractivity contribution in [2.24, 2.45) is 11.3 Å². The number of ether oxygens (including phenoxy) is 1. The van der Waals surface area contributed by atoms with Gasteiger partial charge in [0, 0.05) is 17.2 Å². The van der Waals surface area contributed by atoms with Crippen LogP contribution in [0.3, 0.4) is 0 Å². The van der Waals surface area contributed by atoms with Gasteiger partial charge in [-0.2, -0.15) is 0 Å². The summed E-state index contributed by atoms with van der Waals surface area (Å²) in [6, 6.07) is 7.57. The summed E-state index contributed by atoms with van der Waals surface area (Å²) in [5.74, 6) is 1.23. The van der Waals surface area contributed by atoms with Gasteiger partial charge in [0.2, 0.25) is 5.91 Å². The van der Waals surface area contributed by atoms with Gasteiger partial charge in [-0.25, -0.2) is 0 Å². The Balaban J connectivity index is 2.03. The first kappa shape index (κ1) is 15.8. The van der Waals surface area contributed by atoms with Crippen molar-refractivity contribution in [1.82, 2.24) is 5.32 Å². The molecule has 1 unspecified atom stereocenters. The van der Waals surface area contributed by atoms with E-state index in [4.69, 9.17) is 4.74 Å². The van der Waals surface area contributed by atoms with Crippen LogP contribution in [-0.4, -0.2) is 25.6 Å². The summed E-state index contributed by atoms with van der Waals surface area (Å²) in [5.41, 5.74) is 0.414. The van der Waals surface area contributed by atoms with Gasteiger partial charge in [0.25, 0.3) is 0 Å². The van der Waals surface area contributed by atoms with E-state index < -0.39 is 0 Å². The number of hydrogen-bond acceptors (Lipinski definition) is 3. The highest BCUT2D eigenvalue weighted by atomic mass is 16.5. The summed E-state index contributed by atoms with van der Waals surface area (Å²) in [5, 5.41) is 6.42. The molecule has 1 amide bonds. The molecule has 1 fully saturated rings. The lowest BCUT2D eigenvalue weighted by Crippen LogP contribution is -2.44. The number of hydrogen-bond donors (Lipinski definition) is 2. The Morgan fingerprint density at radius 3 is 2.95 bits per heavy atom. The zero-order valence-corrected chi connectivity index (χ0v) is 13.2. The number of amides is 1. The molecular weight excluding hydrogens is 264 g/mol. The van der Waals surface area contributed by atoms with Gasteiger partial charge in [-0.15, -0.1) is 0 Å². The second kappa shape index (κ2) is 6.94. The summed E-state index contributed by atoms with van der Waals surface area (Å²) >= 11 is 0. The van der Waals surface area contributed by atoms with Crippen LogP contribution in [0.5, 0.6) is 5.75 Å². The third-order valence-electron chi connectivity index (χ3n) is 4.31. The highest BCUT2D eigenvalue weighted by Gasteiger charge is 2.37. The fourth-order valence-corrected chi connectivity index (χ4v) is 2.78. The SMILES string of the molecule is CCOc1cccc(NC(=O)C(C)(C)C2CCCNC2)c1. The second-order valence-electron chi connectivity index (χ2n) is 6.18. The van der Waals surface area contributed by atoms with Crippen LogP contribution < -0.4 is 15.4 Å². The zero-order chi connectivity index (χ0) is 15.3. The lowest BCUT2D eigenvalue weighted by atomic mass is 9.74. The summed E-state index contributed by atoms with van der Waals surface area (Å²) in [6.07, 6.45) is 2.24. The van der Waals surface area contributed by atoms with Gasteiger partial charge in [-0.05, 0) is 50.9 Å². The van der Waals surface area contributed by atoms with Gasteiger partial charge in [0.1, 0.15) is 5.75 Å². The minimum absolute atomic E-state index is 0.0739. The molecule has 1 aromatic rings. The van der Waals surface area contributed by atoms with E-state index in [-0.39, 0.29) is 11.3 Å². The Kier molecular flexibility index (Phi) is 5.23. The Morgan fingerprint density at radius 2 is 2.29 bits per heavy atom. The van der Waals surface area contributed by atoms with Gasteiger partial charge < -0.3 is 15.4 Å². The van der Waals surface area contributed by atoms with Crippen LogP contribution in [0.2, 0.25) is 0 Å². The molecule has 2 rings (SSSR count). The second-order valence-corrected chi connectivity index (χ2v) is 6.18. The van der Waals surface area contributed by atoms with E-state index in [1.165, 1.54) is 0 Å². The number of rotatable bonds is 5. The molecule has 21 heavy (non-hydrogen) atoms. The van der Waals surface area contributed by atoms with Gasteiger partial charge in [0.15, 0.2) is 0 Å². The first-order valence-corrected chi connectivity index (χ1v) is 7.79. The molecule has 0 radical (unpaired) electrons. The largest absolute Gasteiger partial charge is 0.494 e. The summed E-state index contributed by atoms with van der Waals surface area (Å²) in [7, 11) is 0. The lowest BCUT2D eigenvalue weighted by molar-refractivity contribution is -0.127. The maximum Gasteiger partial charge on any atom is 0.230 e. The number of carbonyl (C=O) groups excluding carboxylic acids is 1. The van der Waals surface area contributed by atoms with Crippen molar-refractivity contribution in [3.8, 4) is 5.75 Å². The molecule has 116 valence electrons. The van der Waals surface area contributed by atoms with Gasteiger partial charge in [-0.1, -0.05) is 19.9 Å². The predicted molar refractivity (Wildman–Crippen MR) is 85.6 cm³/mol. The van der Waals surface area contributed by atoms with Crippen molar-refractivity contribution in [1.29, 1.82) is 0 Å². The molecule has 2 N–H and O–H groups in total. The van der Waals surface area contributed by atoms with E-state index in [1.54, 1.807) is 0 Å². The van der Waals surface area contributed by atoms with Crippen LogP contribution in [0.1, 0.15) is 33.6 Å². The third-order valence-corrected chi connectivity index (χ3v) is 4.31. The lowest BCUT2D eigenvalue weighted by Gasteiger charge is -2.36. The fraction of sp³-hybridized carbons (Fsp3) is 0.588. The maximum atomic E-state index is 12.6. The van der Waals surface area contributed by atoms with E-state index >= 15 is 0 Å². The molecule has 4 nitrogen and oxygen atoms in total. The molecule has 4 heteroatoms. The van der Waals surface area contributed by atoms with Gasteiger partial charge >= 0.3 is 0 Å². The molecule has 0 saturated carbocycles. The molecule has 1 heterocycles. The van der Waals surface area contributed by atoms with Crippen molar-refractivity contribution in [2.45, 2.75) is 33.6 Å².